The fourth-order valence-corrected chi connectivity index (χ4v) is 1.85. The Labute approximate surface area is 96.9 Å². The maximum Gasteiger partial charge on any atom is 0.410 e. The monoisotopic (exact) mass is 230 g/mol. The summed E-state index contributed by atoms with van der Waals surface area (Å²) in [6.45, 7) is 6.61. The van der Waals surface area contributed by atoms with Crippen LogP contribution in [0, 0.1) is 0 Å². The van der Waals surface area contributed by atoms with Gasteiger partial charge in [-0.3, -0.25) is 0 Å². The van der Waals surface area contributed by atoms with Crippen molar-refractivity contribution in [2.75, 3.05) is 20.3 Å². The van der Waals surface area contributed by atoms with Crippen molar-refractivity contribution < 1.29 is 14.3 Å². The molecule has 0 aromatic rings. The van der Waals surface area contributed by atoms with Gasteiger partial charge < -0.3 is 20.1 Å². The van der Waals surface area contributed by atoms with Crippen LogP contribution in [-0.2, 0) is 9.47 Å². The van der Waals surface area contributed by atoms with Crippen molar-refractivity contribution in [3.63, 3.8) is 0 Å². The van der Waals surface area contributed by atoms with Crippen molar-refractivity contribution in [1.82, 2.24) is 4.90 Å². The molecule has 0 spiro atoms. The molecule has 1 aliphatic heterocycles. The van der Waals surface area contributed by atoms with Crippen molar-refractivity contribution in [1.29, 1.82) is 0 Å². The number of nitrogens with zero attached hydrogens (tertiary/aromatic N) is 1. The van der Waals surface area contributed by atoms with Crippen molar-refractivity contribution >= 4 is 6.09 Å². The summed E-state index contributed by atoms with van der Waals surface area (Å²) in [6.07, 6.45) is 0.468. The molecule has 94 valence electrons. The van der Waals surface area contributed by atoms with E-state index in [2.05, 4.69) is 0 Å². The van der Waals surface area contributed by atoms with Gasteiger partial charge in [-0.1, -0.05) is 0 Å². The summed E-state index contributed by atoms with van der Waals surface area (Å²) in [7, 11) is 1.62. The summed E-state index contributed by atoms with van der Waals surface area (Å²) in [6, 6.07) is 0.0579. The van der Waals surface area contributed by atoms with E-state index in [4.69, 9.17) is 15.2 Å². The predicted octanol–water partition coefficient (Wildman–Crippen LogP) is 0.969. The maximum absolute atomic E-state index is 11.9. The van der Waals surface area contributed by atoms with E-state index < -0.39 is 5.60 Å². The number of rotatable bonds is 2. The van der Waals surface area contributed by atoms with Crippen LogP contribution in [0.4, 0.5) is 4.79 Å². The molecule has 5 nitrogen and oxygen atoms in total. The highest BCUT2D eigenvalue weighted by atomic mass is 16.6. The zero-order valence-corrected chi connectivity index (χ0v) is 10.5. The molecule has 0 aliphatic carbocycles. The third kappa shape index (κ3) is 3.64. The van der Waals surface area contributed by atoms with E-state index >= 15 is 0 Å². The zero-order chi connectivity index (χ0) is 12.3. The van der Waals surface area contributed by atoms with E-state index in [1.165, 1.54) is 0 Å². The Balaban J connectivity index is 2.59. The molecule has 1 saturated heterocycles. The van der Waals surface area contributed by atoms with Gasteiger partial charge in [0.25, 0.3) is 0 Å². The second-order valence-corrected chi connectivity index (χ2v) is 5.24. The van der Waals surface area contributed by atoms with Gasteiger partial charge in [0.1, 0.15) is 5.60 Å². The number of hydrogen-bond acceptors (Lipinski definition) is 4. The molecule has 0 bridgehead atoms. The molecule has 2 N–H and O–H groups in total. The van der Waals surface area contributed by atoms with E-state index in [1.54, 1.807) is 12.0 Å². The quantitative estimate of drug-likeness (QED) is 0.767. The fraction of sp³-hybridized carbons (Fsp3) is 0.909. The minimum Gasteiger partial charge on any atom is -0.444 e. The largest absolute Gasteiger partial charge is 0.444 e. The number of carbonyl (C=O) groups excluding carboxylic acids is 1. The molecule has 0 saturated carbocycles. The average molecular weight is 230 g/mol. The average Bonchev–Trinajstić information content (AvgIpc) is 2.44. The van der Waals surface area contributed by atoms with E-state index in [9.17, 15) is 4.79 Å². The van der Waals surface area contributed by atoms with Gasteiger partial charge in [-0.2, -0.15) is 0 Å². The first-order valence-electron chi connectivity index (χ1n) is 5.57. The Morgan fingerprint density at radius 1 is 1.50 bits per heavy atom. The summed E-state index contributed by atoms with van der Waals surface area (Å²) in [5.41, 5.74) is 5.37. The Morgan fingerprint density at radius 2 is 2.12 bits per heavy atom. The van der Waals surface area contributed by atoms with E-state index in [-0.39, 0.29) is 18.2 Å². The molecular formula is C11H22N2O3. The molecule has 2 atom stereocenters. The molecule has 0 unspecified atom stereocenters. The highest BCUT2D eigenvalue weighted by molar-refractivity contribution is 5.69. The van der Waals surface area contributed by atoms with E-state index in [1.807, 2.05) is 20.8 Å². The summed E-state index contributed by atoms with van der Waals surface area (Å²) in [5, 5.41) is 0. The fourth-order valence-electron chi connectivity index (χ4n) is 1.85. The van der Waals surface area contributed by atoms with Gasteiger partial charge in [-0.05, 0) is 27.2 Å². The molecule has 1 rings (SSSR count). The smallest absolute Gasteiger partial charge is 0.410 e. The van der Waals surface area contributed by atoms with Crippen molar-refractivity contribution in [3.05, 3.63) is 0 Å². The number of carbonyl (C=O) groups is 1. The number of nitrogens with two attached hydrogens (primary N) is 1. The van der Waals surface area contributed by atoms with Crippen LogP contribution in [0.15, 0.2) is 0 Å². The highest BCUT2D eigenvalue weighted by Crippen LogP contribution is 2.20. The molecule has 0 radical (unpaired) electrons. The third-order valence-corrected chi connectivity index (χ3v) is 2.43. The number of ether oxygens (including phenoxy) is 2. The van der Waals surface area contributed by atoms with Crippen LogP contribution in [-0.4, -0.2) is 48.9 Å². The summed E-state index contributed by atoms with van der Waals surface area (Å²) in [4.78, 5) is 13.6. The lowest BCUT2D eigenvalue weighted by atomic mass is 10.2. The SMILES string of the molecule is COC[C@H]1C[C@@H](N)CN1C(=O)OC(C)(C)C. The summed E-state index contributed by atoms with van der Waals surface area (Å²) in [5.74, 6) is 0. The van der Waals surface area contributed by atoms with Gasteiger partial charge in [0, 0.05) is 19.7 Å². The Morgan fingerprint density at radius 3 is 2.62 bits per heavy atom. The lowest BCUT2D eigenvalue weighted by Gasteiger charge is -2.28. The van der Waals surface area contributed by atoms with Crippen molar-refractivity contribution in [3.8, 4) is 0 Å². The van der Waals surface area contributed by atoms with Gasteiger partial charge in [0.05, 0.1) is 12.6 Å². The standard InChI is InChI=1S/C11H22N2O3/c1-11(2,3)16-10(14)13-6-8(12)5-9(13)7-15-4/h8-9H,5-7,12H2,1-4H3/t8-,9-/m1/s1. The first-order valence-corrected chi connectivity index (χ1v) is 5.57. The van der Waals surface area contributed by atoms with E-state index in [0.29, 0.717) is 13.2 Å². The topological polar surface area (TPSA) is 64.8 Å². The van der Waals surface area contributed by atoms with E-state index in [0.717, 1.165) is 6.42 Å². The predicted molar refractivity (Wildman–Crippen MR) is 61.2 cm³/mol. The van der Waals surface area contributed by atoms with Gasteiger partial charge in [0.15, 0.2) is 0 Å². The lowest BCUT2D eigenvalue weighted by Crippen LogP contribution is -2.42. The molecule has 16 heavy (non-hydrogen) atoms. The molecule has 5 heteroatoms. The molecule has 0 aromatic carbocycles. The molecule has 1 amide bonds. The Bertz CT molecular complexity index is 250. The first kappa shape index (κ1) is 13.3. The number of likely N-dealkylation sites (tertiary alicyclic amines) is 1. The van der Waals surface area contributed by atoms with Gasteiger partial charge in [-0.15, -0.1) is 0 Å². The number of amides is 1. The lowest BCUT2D eigenvalue weighted by molar-refractivity contribution is 0.0147. The van der Waals surface area contributed by atoms with Crippen molar-refractivity contribution in [2.45, 2.75) is 44.9 Å². The van der Waals surface area contributed by atoms with Crippen LogP contribution < -0.4 is 5.73 Å². The molecule has 0 aromatic heterocycles. The van der Waals surface area contributed by atoms with Crippen LogP contribution in [0.25, 0.3) is 0 Å². The van der Waals surface area contributed by atoms with Crippen molar-refractivity contribution in [2.24, 2.45) is 5.73 Å². The van der Waals surface area contributed by atoms with Crippen LogP contribution in [0.2, 0.25) is 0 Å². The summed E-state index contributed by atoms with van der Waals surface area (Å²) < 4.78 is 10.4. The number of hydrogen-bond donors (Lipinski definition) is 1. The minimum absolute atomic E-state index is 0.0210. The molecule has 1 heterocycles. The van der Waals surface area contributed by atoms with Crippen LogP contribution >= 0.6 is 0 Å². The zero-order valence-electron chi connectivity index (χ0n) is 10.5. The van der Waals surface area contributed by atoms with Gasteiger partial charge in [-0.25, -0.2) is 4.79 Å². The van der Waals surface area contributed by atoms with Gasteiger partial charge in [0.2, 0.25) is 0 Å². The first-order chi connectivity index (χ1) is 7.33. The normalized spacial score (nSPS) is 25.9. The Kier molecular flexibility index (Phi) is 4.15. The minimum atomic E-state index is -0.471. The molecule has 1 aliphatic rings. The molecule has 1 fully saturated rings. The highest BCUT2D eigenvalue weighted by Gasteiger charge is 2.35. The van der Waals surface area contributed by atoms with Crippen LogP contribution in [0.1, 0.15) is 27.2 Å². The molecular weight excluding hydrogens is 208 g/mol. The summed E-state index contributed by atoms with van der Waals surface area (Å²) >= 11 is 0. The van der Waals surface area contributed by atoms with Gasteiger partial charge >= 0.3 is 6.09 Å². The van der Waals surface area contributed by atoms with Crippen LogP contribution in [0.5, 0.6) is 0 Å². The maximum atomic E-state index is 11.9. The number of methoxy groups -OCH3 is 1. The second kappa shape index (κ2) is 5.01. The second-order valence-electron chi connectivity index (χ2n) is 5.24. The van der Waals surface area contributed by atoms with Crippen LogP contribution in [0.3, 0.4) is 0 Å². The third-order valence-electron chi connectivity index (χ3n) is 2.43. The Hall–Kier alpha value is -0.810.